The number of aromatic nitrogens is 3. The molecule has 1 aromatic carbocycles. The Balaban J connectivity index is 2.20. The minimum absolute atomic E-state index is 0.330. The van der Waals surface area contributed by atoms with Crippen molar-refractivity contribution in [2.75, 3.05) is 32.2 Å². The van der Waals surface area contributed by atoms with Gasteiger partial charge in [0.15, 0.2) is 0 Å². The molecule has 30 heavy (non-hydrogen) atoms. The Morgan fingerprint density at radius 2 is 1.70 bits per heavy atom. The van der Waals surface area contributed by atoms with Crippen LogP contribution in [0.15, 0.2) is 30.3 Å². The van der Waals surface area contributed by atoms with Gasteiger partial charge in [0.2, 0.25) is 17.7 Å². The van der Waals surface area contributed by atoms with Gasteiger partial charge in [0.1, 0.15) is 26.7 Å². The van der Waals surface area contributed by atoms with E-state index in [2.05, 4.69) is 16.0 Å². The molecule has 7 nitrogen and oxygen atoms in total. The number of nitrogens with zero attached hydrogens (tertiary/aromatic N) is 5. The number of pyridine rings is 1. The molecule has 0 saturated heterocycles. The normalized spacial score (nSPS) is 10.9. The molecule has 8 heteroatoms. The van der Waals surface area contributed by atoms with Crippen LogP contribution < -0.4 is 14.4 Å². The van der Waals surface area contributed by atoms with E-state index in [-0.39, 0.29) is 0 Å². The van der Waals surface area contributed by atoms with Crippen LogP contribution in [0.2, 0.25) is 0 Å². The number of hydrogen-bond acceptors (Lipinski definition) is 8. The number of benzene rings is 1. The summed E-state index contributed by atoms with van der Waals surface area (Å²) in [5.74, 6) is 1.39. The smallest absolute Gasteiger partial charge is 0.236 e. The van der Waals surface area contributed by atoms with Gasteiger partial charge in [-0.05, 0) is 19.4 Å². The van der Waals surface area contributed by atoms with Gasteiger partial charge in [0, 0.05) is 25.0 Å². The number of hydrogen-bond donors (Lipinski definition) is 0. The summed E-state index contributed by atoms with van der Waals surface area (Å²) in [7, 11) is 3.77. The maximum atomic E-state index is 10.0. The Morgan fingerprint density at radius 3 is 2.33 bits per heavy atom. The topological polar surface area (TPSA) is 84.2 Å². The average Bonchev–Trinajstić information content (AvgIpc) is 3.12. The minimum atomic E-state index is 0.330. The van der Waals surface area contributed by atoms with Gasteiger partial charge >= 0.3 is 0 Å². The fourth-order valence-electron chi connectivity index (χ4n) is 3.29. The van der Waals surface area contributed by atoms with Crippen molar-refractivity contribution < 1.29 is 9.47 Å². The lowest BCUT2D eigenvalue weighted by Gasteiger charge is -2.13. The highest BCUT2D eigenvalue weighted by atomic mass is 32.1. The Kier molecular flexibility index (Phi) is 5.38. The first-order chi connectivity index (χ1) is 14.6. The molecule has 0 radical (unpaired) electrons. The van der Waals surface area contributed by atoms with Gasteiger partial charge in [-0.1, -0.05) is 30.3 Å². The summed E-state index contributed by atoms with van der Waals surface area (Å²) in [5.41, 5.74) is 2.80. The van der Waals surface area contributed by atoms with Crippen molar-refractivity contribution in [3.63, 3.8) is 0 Å². The number of anilines is 1. The molecular weight excluding hydrogens is 398 g/mol. The molecule has 0 amide bonds. The fraction of sp³-hybridized carbons (Fsp3) is 0.273. The lowest BCUT2D eigenvalue weighted by molar-refractivity contribution is 0.327. The molecule has 0 saturated carbocycles. The summed E-state index contributed by atoms with van der Waals surface area (Å²) in [6.07, 6.45) is 0. The number of fused-ring (bicyclic) bond motifs is 3. The van der Waals surface area contributed by atoms with Crippen molar-refractivity contribution >= 4 is 37.7 Å². The van der Waals surface area contributed by atoms with E-state index < -0.39 is 0 Å². The quantitative estimate of drug-likeness (QED) is 0.450. The fourth-order valence-corrected chi connectivity index (χ4v) is 4.35. The van der Waals surface area contributed by atoms with Crippen LogP contribution in [0.25, 0.3) is 31.6 Å². The van der Waals surface area contributed by atoms with Crippen LogP contribution in [0, 0.1) is 11.3 Å². The van der Waals surface area contributed by atoms with Crippen LogP contribution in [-0.4, -0.2) is 42.3 Å². The summed E-state index contributed by atoms with van der Waals surface area (Å²) in [4.78, 5) is 16.6. The molecule has 0 aliphatic carbocycles. The maximum Gasteiger partial charge on any atom is 0.236 e. The van der Waals surface area contributed by atoms with Crippen molar-refractivity contribution in [2.24, 2.45) is 0 Å². The molecule has 4 rings (SSSR count). The molecule has 3 aromatic heterocycles. The molecule has 0 fully saturated rings. The zero-order valence-electron chi connectivity index (χ0n) is 17.3. The van der Waals surface area contributed by atoms with Gasteiger partial charge in [-0.3, -0.25) is 0 Å². The molecule has 0 atom stereocenters. The third-order valence-electron chi connectivity index (χ3n) is 4.53. The van der Waals surface area contributed by atoms with Crippen LogP contribution >= 0.6 is 11.3 Å². The molecule has 3 heterocycles. The Morgan fingerprint density at radius 1 is 1.00 bits per heavy atom. The van der Waals surface area contributed by atoms with E-state index in [1.807, 2.05) is 63.2 Å². The van der Waals surface area contributed by atoms with E-state index in [0.717, 1.165) is 31.6 Å². The highest BCUT2D eigenvalue weighted by Crippen LogP contribution is 2.45. The van der Waals surface area contributed by atoms with E-state index in [0.29, 0.717) is 36.5 Å². The molecule has 0 aliphatic heterocycles. The minimum Gasteiger partial charge on any atom is -0.477 e. The lowest BCUT2D eigenvalue weighted by Crippen LogP contribution is -2.13. The summed E-state index contributed by atoms with van der Waals surface area (Å²) < 4.78 is 12.4. The van der Waals surface area contributed by atoms with Crippen molar-refractivity contribution in [3.8, 4) is 29.0 Å². The standard InChI is InChI=1S/C22H21N5O2S/c1-5-28-19-14(12-23)15(13-10-8-7-9-11-13)16-17-18(30-21(16)25-19)20(29-6-2)26-22(24-17)27(3)4/h7-11H,5-6H2,1-4H3. The van der Waals surface area contributed by atoms with Crippen LogP contribution in [-0.2, 0) is 0 Å². The summed E-state index contributed by atoms with van der Waals surface area (Å²) >= 11 is 1.45. The highest BCUT2D eigenvalue weighted by molar-refractivity contribution is 7.25. The first-order valence-electron chi connectivity index (χ1n) is 9.65. The Labute approximate surface area is 178 Å². The van der Waals surface area contributed by atoms with E-state index in [4.69, 9.17) is 14.5 Å². The van der Waals surface area contributed by atoms with Crippen molar-refractivity contribution in [2.45, 2.75) is 13.8 Å². The predicted molar refractivity (Wildman–Crippen MR) is 120 cm³/mol. The summed E-state index contributed by atoms with van der Waals surface area (Å²) in [6, 6.07) is 12.1. The van der Waals surface area contributed by atoms with Crippen LogP contribution in [0.5, 0.6) is 11.8 Å². The van der Waals surface area contributed by atoms with Crippen LogP contribution in [0.1, 0.15) is 19.4 Å². The summed E-state index contributed by atoms with van der Waals surface area (Å²) in [5, 5.41) is 10.8. The molecule has 152 valence electrons. The molecule has 0 spiro atoms. The SMILES string of the molecule is CCOc1nc2sc3c(OCC)nc(N(C)C)nc3c2c(-c2ccccc2)c1C#N. The van der Waals surface area contributed by atoms with E-state index >= 15 is 0 Å². The van der Waals surface area contributed by atoms with Gasteiger partial charge in [0.05, 0.1) is 13.2 Å². The highest BCUT2D eigenvalue weighted by Gasteiger charge is 2.25. The van der Waals surface area contributed by atoms with Gasteiger partial charge in [-0.15, -0.1) is 11.3 Å². The van der Waals surface area contributed by atoms with Gasteiger partial charge in [-0.25, -0.2) is 9.97 Å². The Bertz CT molecular complexity index is 1260. The largest absolute Gasteiger partial charge is 0.477 e. The van der Waals surface area contributed by atoms with Crippen molar-refractivity contribution in [3.05, 3.63) is 35.9 Å². The maximum absolute atomic E-state index is 10.0. The Hall–Kier alpha value is -3.44. The summed E-state index contributed by atoms with van der Waals surface area (Å²) in [6.45, 7) is 4.70. The number of nitriles is 1. The lowest BCUT2D eigenvalue weighted by atomic mass is 9.98. The third kappa shape index (κ3) is 3.27. The third-order valence-corrected chi connectivity index (χ3v) is 5.59. The van der Waals surface area contributed by atoms with Gasteiger partial charge < -0.3 is 14.4 Å². The number of rotatable bonds is 6. The number of ether oxygens (including phenoxy) is 2. The van der Waals surface area contributed by atoms with Crippen LogP contribution in [0.3, 0.4) is 0 Å². The molecular formula is C22H21N5O2S. The first-order valence-corrected chi connectivity index (χ1v) is 10.5. The predicted octanol–water partition coefficient (Wildman–Crippen LogP) is 4.64. The van der Waals surface area contributed by atoms with E-state index in [1.165, 1.54) is 11.3 Å². The molecule has 0 unspecified atom stereocenters. The second kappa shape index (κ2) is 8.13. The monoisotopic (exact) mass is 419 g/mol. The molecule has 0 aliphatic rings. The first kappa shape index (κ1) is 19.9. The zero-order chi connectivity index (χ0) is 21.3. The second-order valence-corrected chi connectivity index (χ2v) is 7.69. The van der Waals surface area contributed by atoms with Gasteiger partial charge in [0.25, 0.3) is 0 Å². The molecule has 0 N–H and O–H groups in total. The van der Waals surface area contributed by atoms with E-state index in [1.54, 1.807) is 0 Å². The molecule has 0 bridgehead atoms. The van der Waals surface area contributed by atoms with E-state index in [9.17, 15) is 5.26 Å². The average molecular weight is 420 g/mol. The van der Waals surface area contributed by atoms with Crippen LogP contribution in [0.4, 0.5) is 5.95 Å². The van der Waals surface area contributed by atoms with Gasteiger partial charge in [-0.2, -0.15) is 10.2 Å². The molecule has 4 aromatic rings. The number of thiophene rings is 1. The zero-order valence-corrected chi connectivity index (χ0v) is 18.1. The second-order valence-electron chi connectivity index (χ2n) is 6.69. The van der Waals surface area contributed by atoms with Crippen molar-refractivity contribution in [1.82, 2.24) is 15.0 Å². The van der Waals surface area contributed by atoms with Crippen molar-refractivity contribution in [1.29, 1.82) is 5.26 Å².